The summed E-state index contributed by atoms with van der Waals surface area (Å²) in [7, 11) is 0. The molecule has 2 rings (SSSR count). The van der Waals surface area contributed by atoms with Crippen LogP contribution in [-0.4, -0.2) is 9.55 Å². The van der Waals surface area contributed by atoms with Gasteiger partial charge in [0, 0.05) is 6.54 Å². The smallest absolute Gasteiger partial charge is 0.178 e. The number of aromatic nitrogens is 2. The topological polar surface area (TPSA) is 20.7 Å². The summed E-state index contributed by atoms with van der Waals surface area (Å²) in [6.07, 6.45) is 6.56. The average molecular weight is 290 g/mol. The number of aryl methyl sites for hydroxylation is 2. The van der Waals surface area contributed by atoms with E-state index in [2.05, 4.69) is 48.5 Å². The number of imidazole rings is 1. The highest BCUT2D eigenvalue weighted by atomic mass is 32.1. The van der Waals surface area contributed by atoms with E-state index in [1.807, 2.05) is 0 Å². The molecule has 0 saturated carbocycles. The molecule has 0 fully saturated rings. The number of unbranched alkanes of at least 4 members (excludes halogenated alkanes) is 3. The van der Waals surface area contributed by atoms with Crippen molar-refractivity contribution in [2.45, 2.75) is 59.4 Å². The Morgan fingerprint density at radius 1 is 1.15 bits per heavy atom. The summed E-state index contributed by atoms with van der Waals surface area (Å²) in [6, 6.07) is 6.48. The third kappa shape index (κ3) is 3.95. The average Bonchev–Trinajstić information content (AvgIpc) is 2.69. The summed E-state index contributed by atoms with van der Waals surface area (Å²) in [4.78, 5) is 3.30. The van der Waals surface area contributed by atoms with Crippen LogP contribution in [0.5, 0.6) is 0 Å². The number of H-pyrrole nitrogens is 1. The molecule has 0 unspecified atom stereocenters. The maximum Gasteiger partial charge on any atom is 0.178 e. The molecule has 0 amide bonds. The minimum absolute atomic E-state index is 0.834. The molecular formula is C17H26N2S. The largest absolute Gasteiger partial charge is 0.331 e. The maximum atomic E-state index is 5.44. The van der Waals surface area contributed by atoms with Crippen molar-refractivity contribution in [1.82, 2.24) is 9.55 Å². The van der Waals surface area contributed by atoms with E-state index in [0.29, 0.717) is 0 Å². The van der Waals surface area contributed by atoms with Gasteiger partial charge >= 0.3 is 0 Å². The molecule has 1 aromatic heterocycles. The Kier molecular flexibility index (Phi) is 5.41. The van der Waals surface area contributed by atoms with E-state index in [-0.39, 0.29) is 0 Å². The second-order valence-corrected chi connectivity index (χ2v) is 6.59. The van der Waals surface area contributed by atoms with Gasteiger partial charge in [-0.2, -0.15) is 0 Å². The highest BCUT2D eigenvalue weighted by molar-refractivity contribution is 7.71. The SMILES string of the molecule is Cc1ccc2[nH]c(=S)n(CCCCCCC(C)C)c2c1. The maximum absolute atomic E-state index is 5.44. The van der Waals surface area contributed by atoms with E-state index in [0.717, 1.165) is 22.8 Å². The molecule has 110 valence electrons. The lowest BCUT2D eigenvalue weighted by atomic mass is 10.0. The van der Waals surface area contributed by atoms with Gasteiger partial charge in [0.05, 0.1) is 11.0 Å². The summed E-state index contributed by atoms with van der Waals surface area (Å²) in [5.41, 5.74) is 3.69. The third-order valence-corrected chi connectivity index (χ3v) is 4.17. The van der Waals surface area contributed by atoms with Crippen LogP contribution in [-0.2, 0) is 6.54 Å². The second-order valence-electron chi connectivity index (χ2n) is 6.20. The third-order valence-electron chi connectivity index (χ3n) is 3.84. The predicted molar refractivity (Wildman–Crippen MR) is 89.8 cm³/mol. The van der Waals surface area contributed by atoms with Crippen LogP contribution in [0.3, 0.4) is 0 Å². The number of nitrogens with zero attached hydrogens (tertiary/aromatic N) is 1. The first-order valence-electron chi connectivity index (χ1n) is 7.77. The zero-order valence-corrected chi connectivity index (χ0v) is 13.7. The van der Waals surface area contributed by atoms with Crippen LogP contribution in [0.2, 0.25) is 0 Å². The van der Waals surface area contributed by atoms with Crippen LogP contribution in [0.15, 0.2) is 18.2 Å². The molecule has 3 heteroatoms. The van der Waals surface area contributed by atoms with Crippen LogP contribution in [0.1, 0.15) is 51.5 Å². The van der Waals surface area contributed by atoms with E-state index in [1.165, 1.54) is 43.2 Å². The van der Waals surface area contributed by atoms with Crippen LogP contribution in [0.25, 0.3) is 11.0 Å². The van der Waals surface area contributed by atoms with Gasteiger partial charge in [0.25, 0.3) is 0 Å². The number of benzene rings is 1. The van der Waals surface area contributed by atoms with E-state index in [1.54, 1.807) is 0 Å². The minimum Gasteiger partial charge on any atom is -0.331 e. The summed E-state index contributed by atoms with van der Waals surface area (Å²) >= 11 is 5.44. The van der Waals surface area contributed by atoms with Gasteiger partial charge in [-0.1, -0.05) is 45.6 Å². The van der Waals surface area contributed by atoms with Crippen LogP contribution in [0.4, 0.5) is 0 Å². The molecule has 0 bridgehead atoms. The van der Waals surface area contributed by atoms with Crippen LogP contribution >= 0.6 is 12.2 Å². The molecule has 2 aromatic rings. The summed E-state index contributed by atoms with van der Waals surface area (Å²) < 4.78 is 3.10. The monoisotopic (exact) mass is 290 g/mol. The molecular weight excluding hydrogens is 264 g/mol. The fourth-order valence-electron chi connectivity index (χ4n) is 2.66. The Bertz CT molecular complexity index is 607. The number of rotatable bonds is 7. The molecule has 1 aromatic carbocycles. The molecule has 2 nitrogen and oxygen atoms in total. The molecule has 1 N–H and O–H groups in total. The van der Waals surface area contributed by atoms with Crippen molar-refractivity contribution in [3.63, 3.8) is 0 Å². The molecule has 0 aliphatic heterocycles. The zero-order chi connectivity index (χ0) is 14.5. The number of nitrogens with one attached hydrogen (secondary N) is 1. The van der Waals surface area contributed by atoms with E-state index in [4.69, 9.17) is 12.2 Å². The van der Waals surface area contributed by atoms with Crippen molar-refractivity contribution >= 4 is 23.3 Å². The van der Waals surface area contributed by atoms with Crippen molar-refractivity contribution < 1.29 is 0 Å². The first kappa shape index (κ1) is 15.3. The van der Waals surface area contributed by atoms with Gasteiger partial charge in [-0.25, -0.2) is 0 Å². The van der Waals surface area contributed by atoms with Crippen molar-refractivity contribution in [3.8, 4) is 0 Å². The Labute approximate surface area is 127 Å². The van der Waals surface area contributed by atoms with Crippen LogP contribution < -0.4 is 0 Å². The molecule has 1 heterocycles. The molecule has 0 radical (unpaired) electrons. The van der Waals surface area contributed by atoms with Gasteiger partial charge in [-0.05, 0) is 49.2 Å². The highest BCUT2D eigenvalue weighted by Crippen LogP contribution is 2.17. The molecule has 0 atom stereocenters. The second kappa shape index (κ2) is 7.07. The Morgan fingerprint density at radius 2 is 1.90 bits per heavy atom. The van der Waals surface area contributed by atoms with Gasteiger partial charge in [-0.3, -0.25) is 0 Å². The van der Waals surface area contributed by atoms with Gasteiger partial charge in [-0.15, -0.1) is 0 Å². The summed E-state index contributed by atoms with van der Waals surface area (Å²) in [6.45, 7) is 7.76. The predicted octanol–water partition coefficient (Wildman–Crippen LogP) is 5.61. The van der Waals surface area contributed by atoms with Gasteiger partial charge in [0.1, 0.15) is 0 Å². The molecule has 0 saturated heterocycles. The minimum atomic E-state index is 0.834. The first-order chi connectivity index (χ1) is 9.58. The Balaban J connectivity index is 1.91. The first-order valence-corrected chi connectivity index (χ1v) is 8.18. The fraction of sp³-hybridized carbons (Fsp3) is 0.588. The number of hydrogen-bond acceptors (Lipinski definition) is 1. The van der Waals surface area contributed by atoms with E-state index >= 15 is 0 Å². The molecule has 0 aliphatic carbocycles. The van der Waals surface area contributed by atoms with Crippen molar-refractivity contribution in [3.05, 3.63) is 28.5 Å². The molecule has 0 aliphatic rings. The summed E-state index contributed by atoms with van der Waals surface area (Å²) in [5.74, 6) is 0.834. The number of fused-ring (bicyclic) bond motifs is 1. The molecule has 0 spiro atoms. The number of hydrogen-bond donors (Lipinski definition) is 1. The van der Waals surface area contributed by atoms with Crippen molar-refractivity contribution in [1.29, 1.82) is 0 Å². The zero-order valence-electron chi connectivity index (χ0n) is 12.9. The van der Waals surface area contributed by atoms with Gasteiger partial charge < -0.3 is 9.55 Å². The standard InChI is InChI=1S/C17H26N2S/c1-13(2)8-6-4-5-7-11-19-16-12-14(3)9-10-15(16)18-17(19)20/h9-10,12-13H,4-8,11H2,1-3H3,(H,18,20). The van der Waals surface area contributed by atoms with Crippen molar-refractivity contribution in [2.24, 2.45) is 5.92 Å². The lowest BCUT2D eigenvalue weighted by Crippen LogP contribution is -1.98. The van der Waals surface area contributed by atoms with Gasteiger partial charge in [0.2, 0.25) is 0 Å². The lowest BCUT2D eigenvalue weighted by Gasteiger charge is -2.06. The van der Waals surface area contributed by atoms with Gasteiger partial charge in [0.15, 0.2) is 4.77 Å². The quantitative estimate of drug-likeness (QED) is 0.519. The van der Waals surface area contributed by atoms with Crippen LogP contribution in [0, 0.1) is 17.6 Å². The van der Waals surface area contributed by atoms with Crippen molar-refractivity contribution in [2.75, 3.05) is 0 Å². The lowest BCUT2D eigenvalue weighted by molar-refractivity contribution is 0.507. The Hall–Kier alpha value is -1.09. The highest BCUT2D eigenvalue weighted by Gasteiger charge is 2.04. The fourth-order valence-corrected chi connectivity index (χ4v) is 2.96. The summed E-state index contributed by atoms with van der Waals surface area (Å²) in [5, 5.41) is 0. The normalized spacial score (nSPS) is 11.6. The number of aromatic amines is 1. The molecule has 20 heavy (non-hydrogen) atoms. The van der Waals surface area contributed by atoms with E-state index in [9.17, 15) is 0 Å². The van der Waals surface area contributed by atoms with E-state index < -0.39 is 0 Å². The Morgan fingerprint density at radius 3 is 2.65 bits per heavy atom.